The number of aryl methyl sites for hydroxylation is 2. The maximum Gasteiger partial charge on any atom is 0.303 e. The molecule has 1 aromatic heterocycles. The fourth-order valence-corrected chi connectivity index (χ4v) is 3.31. The zero-order valence-corrected chi connectivity index (χ0v) is 14.1. The summed E-state index contributed by atoms with van der Waals surface area (Å²) < 4.78 is 0. The molecule has 0 radical (unpaired) electrons. The Morgan fingerprint density at radius 2 is 2.05 bits per heavy atom. The van der Waals surface area contributed by atoms with Gasteiger partial charge in [0.1, 0.15) is 0 Å². The van der Waals surface area contributed by atoms with Crippen LogP contribution in [-0.4, -0.2) is 34.5 Å². The molecule has 0 aliphatic rings. The second-order valence-electron chi connectivity index (χ2n) is 5.53. The third-order valence-electron chi connectivity index (χ3n) is 3.42. The van der Waals surface area contributed by atoms with Crippen molar-refractivity contribution in [2.45, 2.75) is 59.4 Å². The van der Waals surface area contributed by atoms with Crippen molar-refractivity contribution in [3.8, 4) is 0 Å². The topological polar surface area (TPSA) is 57.6 Å². The van der Waals surface area contributed by atoms with Crippen molar-refractivity contribution in [3.05, 3.63) is 21.4 Å². The molecule has 0 bridgehead atoms. The first-order valence-electron chi connectivity index (χ1n) is 7.48. The molecule has 1 N–H and O–H groups in total. The van der Waals surface area contributed by atoms with Crippen LogP contribution in [0.5, 0.6) is 0 Å². The quantitative estimate of drug-likeness (QED) is 0.796. The number of thiophene rings is 1. The predicted octanol–water partition coefficient (Wildman–Crippen LogP) is 3.72. The zero-order chi connectivity index (χ0) is 16.0. The molecular weight excluding hydrogens is 286 g/mol. The fraction of sp³-hybridized carbons (Fsp3) is 0.625. The number of carboxylic acid groups (broad SMARTS) is 1. The van der Waals surface area contributed by atoms with E-state index in [1.54, 1.807) is 16.2 Å². The molecule has 0 fully saturated rings. The van der Waals surface area contributed by atoms with Crippen LogP contribution in [0.15, 0.2) is 6.07 Å². The van der Waals surface area contributed by atoms with E-state index in [9.17, 15) is 9.59 Å². The zero-order valence-electron chi connectivity index (χ0n) is 13.3. The minimum Gasteiger partial charge on any atom is -0.481 e. The summed E-state index contributed by atoms with van der Waals surface area (Å²) in [6.07, 6.45) is 2.65. The summed E-state index contributed by atoms with van der Waals surface area (Å²) in [4.78, 5) is 27.0. The Labute approximate surface area is 130 Å². The summed E-state index contributed by atoms with van der Waals surface area (Å²) in [7, 11) is 0. The van der Waals surface area contributed by atoms with Gasteiger partial charge < -0.3 is 10.0 Å². The standard InChI is InChI=1S/C16H25NO3S/c1-5-7-13-10-14(21-12(13)4)16(20)17(11(2)3)9-6-8-15(18)19/h10-11H,5-9H2,1-4H3,(H,18,19). The van der Waals surface area contributed by atoms with E-state index in [1.807, 2.05) is 19.9 Å². The second-order valence-corrected chi connectivity index (χ2v) is 6.79. The van der Waals surface area contributed by atoms with Crippen molar-refractivity contribution in [1.82, 2.24) is 4.90 Å². The lowest BCUT2D eigenvalue weighted by Gasteiger charge is -2.26. The molecular formula is C16H25NO3S. The smallest absolute Gasteiger partial charge is 0.303 e. The van der Waals surface area contributed by atoms with Crippen LogP contribution in [0.3, 0.4) is 0 Å². The number of carboxylic acids is 1. The highest BCUT2D eigenvalue weighted by atomic mass is 32.1. The number of hydrogen-bond acceptors (Lipinski definition) is 3. The molecule has 21 heavy (non-hydrogen) atoms. The Hall–Kier alpha value is -1.36. The molecule has 0 saturated carbocycles. The summed E-state index contributed by atoms with van der Waals surface area (Å²) in [5.41, 5.74) is 1.25. The van der Waals surface area contributed by atoms with Crippen LogP contribution in [0.25, 0.3) is 0 Å². The van der Waals surface area contributed by atoms with Gasteiger partial charge in [0.25, 0.3) is 5.91 Å². The Bertz CT molecular complexity index is 494. The van der Waals surface area contributed by atoms with E-state index in [4.69, 9.17) is 5.11 Å². The van der Waals surface area contributed by atoms with Gasteiger partial charge in [-0.15, -0.1) is 11.3 Å². The molecule has 1 aromatic rings. The lowest BCUT2D eigenvalue weighted by atomic mass is 10.1. The van der Waals surface area contributed by atoms with Crippen LogP contribution in [0.1, 0.15) is 60.1 Å². The molecule has 0 atom stereocenters. The van der Waals surface area contributed by atoms with E-state index in [0.717, 1.165) is 17.7 Å². The summed E-state index contributed by atoms with van der Waals surface area (Å²) in [5, 5.41) is 8.72. The van der Waals surface area contributed by atoms with Gasteiger partial charge in [-0.05, 0) is 45.2 Å². The summed E-state index contributed by atoms with van der Waals surface area (Å²) >= 11 is 1.54. The van der Waals surface area contributed by atoms with Crippen molar-refractivity contribution in [2.24, 2.45) is 0 Å². The first kappa shape index (κ1) is 17.7. The molecule has 1 amide bonds. The first-order valence-corrected chi connectivity index (χ1v) is 8.30. The van der Waals surface area contributed by atoms with Crippen LogP contribution >= 0.6 is 11.3 Å². The van der Waals surface area contributed by atoms with Crippen molar-refractivity contribution >= 4 is 23.2 Å². The second kappa shape index (κ2) is 8.17. The first-order chi connectivity index (χ1) is 9.86. The molecule has 0 spiro atoms. The van der Waals surface area contributed by atoms with E-state index in [0.29, 0.717) is 13.0 Å². The minimum atomic E-state index is -0.816. The Morgan fingerprint density at radius 3 is 2.57 bits per heavy atom. The number of rotatable bonds is 8. The van der Waals surface area contributed by atoms with Gasteiger partial charge in [-0.3, -0.25) is 9.59 Å². The maximum absolute atomic E-state index is 12.6. The van der Waals surface area contributed by atoms with Gasteiger partial charge >= 0.3 is 5.97 Å². The van der Waals surface area contributed by atoms with Crippen LogP contribution in [-0.2, 0) is 11.2 Å². The molecule has 5 heteroatoms. The number of aliphatic carboxylic acids is 1. The molecule has 0 aliphatic heterocycles. The Balaban J connectivity index is 2.80. The number of carbonyl (C=O) groups excluding carboxylic acids is 1. The summed E-state index contributed by atoms with van der Waals surface area (Å²) in [5.74, 6) is -0.797. The van der Waals surface area contributed by atoms with Gasteiger partial charge in [0.2, 0.25) is 0 Å². The van der Waals surface area contributed by atoms with E-state index >= 15 is 0 Å². The van der Waals surface area contributed by atoms with Gasteiger partial charge in [-0.25, -0.2) is 0 Å². The van der Waals surface area contributed by atoms with E-state index in [-0.39, 0.29) is 18.4 Å². The van der Waals surface area contributed by atoms with E-state index < -0.39 is 5.97 Å². The lowest BCUT2D eigenvalue weighted by molar-refractivity contribution is -0.137. The number of hydrogen-bond donors (Lipinski definition) is 1. The average Bonchev–Trinajstić information content (AvgIpc) is 2.75. The third-order valence-corrected chi connectivity index (χ3v) is 4.51. The van der Waals surface area contributed by atoms with Gasteiger partial charge in [0.15, 0.2) is 0 Å². The molecule has 0 aliphatic carbocycles. The maximum atomic E-state index is 12.6. The van der Waals surface area contributed by atoms with Crippen LogP contribution in [0.2, 0.25) is 0 Å². The molecule has 0 saturated heterocycles. The Morgan fingerprint density at radius 1 is 1.38 bits per heavy atom. The van der Waals surface area contributed by atoms with Crippen molar-refractivity contribution in [1.29, 1.82) is 0 Å². The largest absolute Gasteiger partial charge is 0.481 e. The van der Waals surface area contributed by atoms with Crippen LogP contribution < -0.4 is 0 Å². The van der Waals surface area contributed by atoms with Gasteiger partial charge in [0.05, 0.1) is 4.88 Å². The lowest BCUT2D eigenvalue weighted by Crippen LogP contribution is -2.37. The van der Waals surface area contributed by atoms with E-state index in [2.05, 4.69) is 13.8 Å². The molecule has 0 aromatic carbocycles. The highest BCUT2D eigenvalue weighted by molar-refractivity contribution is 7.14. The van der Waals surface area contributed by atoms with Gasteiger partial charge in [-0.2, -0.15) is 0 Å². The minimum absolute atomic E-state index is 0.0193. The highest BCUT2D eigenvalue weighted by Crippen LogP contribution is 2.25. The molecule has 4 nitrogen and oxygen atoms in total. The summed E-state index contributed by atoms with van der Waals surface area (Å²) in [6, 6.07) is 2.07. The number of nitrogens with zero attached hydrogens (tertiary/aromatic N) is 1. The SMILES string of the molecule is CCCc1cc(C(=O)N(CCCC(=O)O)C(C)C)sc1C. The van der Waals surface area contributed by atoms with Crippen LogP contribution in [0.4, 0.5) is 0 Å². The Kier molecular flexibility index (Phi) is 6.89. The van der Waals surface area contributed by atoms with Gasteiger partial charge in [0, 0.05) is 23.9 Å². The molecule has 1 heterocycles. The number of carbonyl (C=O) groups is 2. The fourth-order valence-electron chi connectivity index (χ4n) is 2.28. The van der Waals surface area contributed by atoms with E-state index in [1.165, 1.54) is 10.4 Å². The molecule has 0 unspecified atom stereocenters. The predicted molar refractivity (Wildman–Crippen MR) is 86.1 cm³/mol. The normalized spacial score (nSPS) is 10.9. The monoisotopic (exact) mass is 311 g/mol. The van der Waals surface area contributed by atoms with Crippen molar-refractivity contribution in [3.63, 3.8) is 0 Å². The third kappa shape index (κ3) is 5.16. The number of amides is 1. The van der Waals surface area contributed by atoms with Crippen molar-refractivity contribution in [2.75, 3.05) is 6.54 Å². The van der Waals surface area contributed by atoms with Crippen LogP contribution in [0, 0.1) is 6.92 Å². The van der Waals surface area contributed by atoms with Crippen molar-refractivity contribution < 1.29 is 14.7 Å². The molecule has 1 rings (SSSR count). The molecule has 118 valence electrons. The van der Waals surface area contributed by atoms with Gasteiger partial charge in [-0.1, -0.05) is 13.3 Å². The summed E-state index contributed by atoms with van der Waals surface area (Å²) in [6.45, 7) is 8.60. The highest BCUT2D eigenvalue weighted by Gasteiger charge is 2.21. The average molecular weight is 311 g/mol.